The molecular weight excluding hydrogens is 957 g/mol. The molecule has 1 unspecified atom stereocenters. The van der Waals surface area contributed by atoms with E-state index in [1.807, 2.05) is 0 Å². The summed E-state index contributed by atoms with van der Waals surface area (Å²) >= 11 is 0. The molecule has 0 aliphatic rings. The van der Waals surface area contributed by atoms with Crippen LogP contribution in [0.2, 0.25) is 0 Å². The number of allylic oxidation sites excluding steroid dienone is 8. The van der Waals surface area contributed by atoms with Gasteiger partial charge >= 0.3 is 11.9 Å². The molecule has 0 bridgehead atoms. The van der Waals surface area contributed by atoms with E-state index in [2.05, 4.69) is 62.5 Å². The largest absolute Gasteiger partial charge is 0.462 e. The maximum Gasteiger partial charge on any atom is 0.306 e. The van der Waals surface area contributed by atoms with E-state index >= 15 is 0 Å². The second kappa shape index (κ2) is 69.1. The molecule has 1 atom stereocenters. The molecule has 0 rings (SSSR count). The number of aliphatic hydroxyl groups is 1. The Morgan fingerprint density at radius 3 is 0.782 bits per heavy atom. The topological polar surface area (TPSA) is 72.8 Å². The minimum atomic E-state index is -0.771. The minimum Gasteiger partial charge on any atom is -0.462 e. The van der Waals surface area contributed by atoms with E-state index in [0.717, 1.165) is 51.4 Å². The summed E-state index contributed by atoms with van der Waals surface area (Å²) in [5, 5.41) is 9.70. The van der Waals surface area contributed by atoms with Gasteiger partial charge < -0.3 is 14.6 Å². The Kier molecular flexibility index (Phi) is 67.2. The van der Waals surface area contributed by atoms with Crippen LogP contribution in [0.5, 0.6) is 0 Å². The van der Waals surface area contributed by atoms with Gasteiger partial charge in [0.15, 0.2) is 6.10 Å². The van der Waals surface area contributed by atoms with Crippen molar-refractivity contribution in [1.29, 1.82) is 0 Å². The van der Waals surface area contributed by atoms with Crippen LogP contribution in [-0.2, 0) is 19.1 Å². The van der Waals surface area contributed by atoms with Gasteiger partial charge in [0.1, 0.15) is 6.61 Å². The molecule has 0 radical (unpaired) electrons. The highest BCUT2D eigenvalue weighted by Crippen LogP contribution is 2.19. The number of hydrogen-bond donors (Lipinski definition) is 1. The number of rotatable bonds is 66. The molecule has 0 amide bonds. The Morgan fingerprint density at radius 1 is 0.295 bits per heavy atom. The normalized spacial score (nSPS) is 12.4. The van der Waals surface area contributed by atoms with Crippen molar-refractivity contribution in [3.8, 4) is 0 Å². The third-order valence-corrected chi connectivity index (χ3v) is 16.1. The molecule has 0 heterocycles. The fraction of sp³-hybridized carbons (Fsp3) is 0.863. The second-order valence-corrected chi connectivity index (χ2v) is 24.0. The van der Waals surface area contributed by atoms with E-state index in [0.29, 0.717) is 12.8 Å². The zero-order chi connectivity index (χ0) is 56.2. The highest BCUT2D eigenvalue weighted by Gasteiger charge is 2.16. The van der Waals surface area contributed by atoms with Crippen LogP contribution in [0.15, 0.2) is 48.6 Å². The zero-order valence-electron chi connectivity index (χ0n) is 52.7. The summed E-state index contributed by atoms with van der Waals surface area (Å²) in [5.74, 6) is -0.568. The number of ether oxygens (including phenoxy) is 2. The number of carbonyl (C=O) groups excluding carboxylic acids is 2. The highest BCUT2D eigenvalue weighted by atomic mass is 16.6. The van der Waals surface area contributed by atoms with Crippen LogP contribution in [0, 0.1) is 0 Å². The van der Waals surface area contributed by atoms with Crippen molar-refractivity contribution in [3.63, 3.8) is 0 Å². The molecule has 0 aromatic carbocycles. The Labute approximate surface area is 488 Å². The molecule has 0 spiro atoms. The van der Waals surface area contributed by atoms with Crippen molar-refractivity contribution in [2.24, 2.45) is 0 Å². The minimum absolute atomic E-state index is 0.0605. The number of carbonyl (C=O) groups is 2. The van der Waals surface area contributed by atoms with E-state index in [1.165, 1.54) is 308 Å². The molecule has 5 nitrogen and oxygen atoms in total. The summed E-state index contributed by atoms with van der Waals surface area (Å²) in [7, 11) is 0. The summed E-state index contributed by atoms with van der Waals surface area (Å²) in [6, 6.07) is 0. The summed E-state index contributed by atoms with van der Waals surface area (Å²) < 4.78 is 10.8. The summed E-state index contributed by atoms with van der Waals surface area (Å²) in [6.07, 6.45) is 92.9. The molecule has 0 aliphatic heterocycles. The van der Waals surface area contributed by atoms with Crippen LogP contribution in [0.3, 0.4) is 0 Å². The average molecular weight is 1090 g/mol. The molecule has 0 fully saturated rings. The first-order chi connectivity index (χ1) is 38.6. The van der Waals surface area contributed by atoms with Gasteiger partial charge in [-0.05, 0) is 77.0 Å². The monoisotopic (exact) mass is 1090 g/mol. The maximum absolute atomic E-state index is 12.4. The van der Waals surface area contributed by atoms with Gasteiger partial charge in [0.2, 0.25) is 0 Å². The Morgan fingerprint density at radius 2 is 0.513 bits per heavy atom. The van der Waals surface area contributed by atoms with Crippen molar-refractivity contribution in [2.45, 2.75) is 392 Å². The van der Waals surface area contributed by atoms with Crippen LogP contribution in [0.1, 0.15) is 386 Å². The molecule has 0 aliphatic carbocycles. The SMILES string of the molecule is CCCCCCC/C=C\C/C=C\C/C=C\CCCCCCCCCCCCCCCCCCCCC(=O)OC(CO)COC(=O)CCCCCCCCCCCCCCCCCCCCC/C=C\CCCCCCCCCC. The van der Waals surface area contributed by atoms with Gasteiger partial charge in [-0.15, -0.1) is 0 Å². The molecule has 0 saturated heterocycles. The van der Waals surface area contributed by atoms with Gasteiger partial charge in [-0.3, -0.25) is 9.59 Å². The third-order valence-electron chi connectivity index (χ3n) is 16.1. The number of hydrogen-bond acceptors (Lipinski definition) is 5. The average Bonchev–Trinajstić information content (AvgIpc) is 3.44. The first-order valence-corrected chi connectivity index (χ1v) is 35.2. The van der Waals surface area contributed by atoms with Crippen molar-refractivity contribution in [2.75, 3.05) is 13.2 Å². The fourth-order valence-corrected chi connectivity index (χ4v) is 10.8. The van der Waals surface area contributed by atoms with E-state index < -0.39 is 6.10 Å². The van der Waals surface area contributed by atoms with Gasteiger partial charge in [0.25, 0.3) is 0 Å². The van der Waals surface area contributed by atoms with Gasteiger partial charge in [0, 0.05) is 12.8 Å². The lowest BCUT2D eigenvalue weighted by Crippen LogP contribution is -2.28. The smallest absolute Gasteiger partial charge is 0.306 e. The zero-order valence-corrected chi connectivity index (χ0v) is 52.7. The van der Waals surface area contributed by atoms with Gasteiger partial charge in [-0.2, -0.15) is 0 Å². The molecule has 5 heteroatoms. The van der Waals surface area contributed by atoms with Crippen LogP contribution in [-0.4, -0.2) is 36.4 Å². The van der Waals surface area contributed by atoms with Crippen molar-refractivity contribution >= 4 is 11.9 Å². The second-order valence-electron chi connectivity index (χ2n) is 24.0. The molecule has 458 valence electrons. The third kappa shape index (κ3) is 66.4. The van der Waals surface area contributed by atoms with Crippen LogP contribution < -0.4 is 0 Å². The number of aliphatic hydroxyl groups excluding tert-OH is 1. The van der Waals surface area contributed by atoms with E-state index in [1.54, 1.807) is 0 Å². The molecule has 1 N–H and O–H groups in total. The van der Waals surface area contributed by atoms with E-state index in [9.17, 15) is 14.7 Å². The Bertz CT molecular complexity index is 1280. The lowest BCUT2D eigenvalue weighted by atomic mass is 10.0. The fourth-order valence-electron chi connectivity index (χ4n) is 10.8. The van der Waals surface area contributed by atoms with Crippen molar-refractivity contribution in [1.82, 2.24) is 0 Å². The molecular formula is C73H136O5. The van der Waals surface area contributed by atoms with Crippen LogP contribution >= 0.6 is 0 Å². The van der Waals surface area contributed by atoms with Crippen LogP contribution in [0.4, 0.5) is 0 Å². The van der Waals surface area contributed by atoms with Crippen molar-refractivity contribution < 1.29 is 24.2 Å². The quantitative estimate of drug-likeness (QED) is 0.0373. The first kappa shape index (κ1) is 75.9. The van der Waals surface area contributed by atoms with Gasteiger partial charge in [-0.1, -0.05) is 345 Å². The maximum atomic E-state index is 12.4. The molecule has 0 aromatic rings. The lowest BCUT2D eigenvalue weighted by molar-refractivity contribution is -0.161. The molecule has 78 heavy (non-hydrogen) atoms. The lowest BCUT2D eigenvalue weighted by Gasteiger charge is -2.15. The predicted octanol–water partition coefficient (Wildman–Crippen LogP) is 24.3. The number of esters is 2. The summed E-state index contributed by atoms with van der Waals surface area (Å²) in [5.41, 5.74) is 0. The van der Waals surface area contributed by atoms with Crippen LogP contribution in [0.25, 0.3) is 0 Å². The van der Waals surface area contributed by atoms with Gasteiger partial charge in [-0.25, -0.2) is 0 Å². The molecule has 0 saturated carbocycles. The number of unbranched alkanes of at least 4 members (excludes halogenated alkanes) is 50. The van der Waals surface area contributed by atoms with E-state index in [-0.39, 0.29) is 25.2 Å². The van der Waals surface area contributed by atoms with Crippen molar-refractivity contribution in [3.05, 3.63) is 48.6 Å². The Balaban J connectivity index is 3.40. The standard InChI is InChI=1S/C73H136O5/c1-3-5-7-9-11-13-15-17-19-21-23-25-27-29-31-33-35-36-38-40-42-44-46-48-50-52-54-56-58-60-62-64-66-68-73(76)78-71(69-74)70-77-72(75)67-65-63-61-59-57-55-53-51-49-47-45-43-41-39-37-34-32-30-28-26-24-22-20-18-16-14-12-10-8-6-4-2/h15,17,21-24,27,29,71,74H,3-14,16,18-20,25-26,28,30-70H2,1-2H3/b17-15-,23-21-,24-22-,29-27-. The summed E-state index contributed by atoms with van der Waals surface area (Å²) in [6.45, 7) is 4.19. The summed E-state index contributed by atoms with van der Waals surface area (Å²) in [4.78, 5) is 24.7. The molecule has 0 aromatic heterocycles. The highest BCUT2D eigenvalue weighted by molar-refractivity contribution is 5.70. The predicted molar refractivity (Wildman–Crippen MR) is 344 cm³/mol. The first-order valence-electron chi connectivity index (χ1n) is 35.2. The Hall–Kier alpha value is -2.14. The van der Waals surface area contributed by atoms with Gasteiger partial charge in [0.05, 0.1) is 6.61 Å². The van der Waals surface area contributed by atoms with E-state index in [4.69, 9.17) is 9.47 Å².